The molecule has 1 atom stereocenters. The van der Waals surface area contributed by atoms with Crippen molar-refractivity contribution >= 4 is 39.7 Å². The maximum absolute atomic E-state index is 12.3. The zero-order valence-electron chi connectivity index (χ0n) is 14.2. The fourth-order valence-corrected chi connectivity index (χ4v) is 3.02. The van der Waals surface area contributed by atoms with Crippen LogP contribution in [0.25, 0.3) is 22.2 Å². The van der Waals surface area contributed by atoms with Crippen molar-refractivity contribution in [3.8, 4) is 11.3 Å². The van der Waals surface area contributed by atoms with E-state index >= 15 is 0 Å². The van der Waals surface area contributed by atoms with Crippen LogP contribution in [0.1, 0.15) is 26.3 Å². The average Bonchev–Trinajstić information content (AvgIpc) is 2.59. The van der Waals surface area contributed by atoms with Crippen molar-refractivity contribution in [1.29, 1.82) is 0 Å². The van der Waals surface area contributed by atoms with E-state index in [-0.39, 0.29) is 0 Å². The minimum Gasteiger partial charge on any atom is -0.264 e. The van der Waals surface area contributed by atoms with Gasteiger partial charge in [0.15, 0.2) is 0 Å². The third kappa shape index (κ3) is 3.94. The zero-order chi connectivity index (χ0) is 18.0. The molecule has 3 aromatic rings. The van der Waals surface area contributed by atoms with Crippen LogP contribution in [0.3, 0.4) is 0 Å². The van der Waals surface area contributed by atoms with E-state index in [1.54, 1.807) is 18.6 Å². The van der Waals surface area contributed by atoms with Gasteiger partial charge in [0.1, 0.15) is 11.0 Å². The lowest BCUT2D eigenvalue weighted by Crippen LogP contribution is -2.19. The highest BCUT2D eigenvalue weighted by Gasteiger charge is 2.18. The number of hydrogen-bond donors (Lipinski definition) is 0. The lowest BCUT2D eigenvalue weighted by atomic mass is 10.1. The standard InChI is InChI=1S/C19H18ClN3OS/c1-19(2,3)25(24)22-12-15-10-13-6-4-8-16(20)18(13)23-17(15)14-7-5-9-21-11-14/h4-12H,1-3H3. The second-order valence-corrected chi connectivity index (χ2v) is 8.92. The van der Waals surface area contributed by atoms with Crippen LogP contribution < -0.4 is 0 Å². The Labute approximate surface area is 154 Å². The Morgan fingerprint density at radius 2 is 2.00 bits per heavy atom. The van der Waals surface area contributed by atoms with Crippen LogP contribution in [-0.4, -0.2) is 25.1 Å². The number of halogens is 1. The number of pyridine rings is 2. The molecule has 0 N–H and O–H groups in total. The van der Waals surface area contributed by atoms with Gasteiger partial charge in [-0.1, -0.05) is 23.7 Å². The first kappa shape index (κ1) is 17.7. The minimum absolute atomic E-state index is 0.418. The first-order chi connectivity index (χ1) is 11.9. The molecule has 1 unspecified atom stereocenters. The maximum Gasteiger partial charge on any atom is 0.144 e. The van der Waals surface area contributed by atoms with Crippen molar-refractivity contribution in [3.63, 3.8) is 0 Å². The van der Waals surface area contributed by atoms with Crippen LogP contribution in [0.4, 0.5) is 0 Å². The Hall–Kier alpha value is -2.11. The molecule has 2 aromatic heterocycles. The van der Waals surface area contributed by atoms with E-state index in [2.05, 4.69) is 9.38 Å². The molecule has 0 saturated carbocycles. The van der Waals surface area contributed by atoms with Gasteiger partial charge in [0, 0.05) is 35.1 Å². The van der Waals surface area contributed by atoms with Crippen LogP contribution in [0.5, 0.6) is 0 Å². The van der Waals surface area contributed by atoms with Gasteiger partial charge in [-0.15, -0.1) is 0 Å². The average molecular weight is 372 g/mol. The number of aromatic nitrogens is 2. The van der Waals surface area contributed by atoms with E-state index in [1.165, 1.54) is 0 Å². The van der Waals surface area contributed by atoms with Gasteiger partial charge in [-0.3, -0.25) is 4.98 Å². The van der Waals surface area contributed by atoms with E-state index in [9.17, 15) is 4.21 Å². The molecule has 0 aliphatic rings. The summed E-state index contributed by atoms with van der Waals surface area (Å²) in [6.07, 6.45) is 5.07. The molecule has 0 aliphatic heterocycles. The van der Waals surface area contributed by atoms with Crippen molar-refractivity contribution < 1.29 is 4.21 Å². The molecule has 1 aromatic carbocycles. The van der Waals surface area contributed by atoms with Gasteiger partial charge in [-0.25, -0.2) is 9.19 Å². The molecule has 0 aliphatic carbocycles. The molecule has 0 spiro atoms. The van der Waals surface area contributed by atoms with Crippen molar-refractivity contribution in [2.24, 2.45) is 4.40 Å². The molecule has 128 valence electrons. The predicted octanol–water partition coefficient (Wildman–Crippen LogP) is 4.83. The van der Waals surface area contributed by atoms with E-state index in [0.29, 0.717) is 10.7 Å². The molecular weight excluding hydrogens is 354 g/mol. The zero-order valence-corrected chi connectivity index (χ0v) is 15.8. The number of hydrogen-bond acceptors (Lipinski definition) is 3. The van der Waals surface area contributed by atoms with Gasteiger partial charge < -0.3 is 0 Å². The number of nitrogens with zero attached hydrogens (tertiary/aromatic N) is 3. The molecule has 0 radical (unpaired) electrons. The largest absolute Gasteiger partial charge is 0.264 e. The molecule has 25 heavy (non-hydrogen) atoms. The number of benzene rings is 1. The molecule has 0 bridgehead atoms. The Morgan fingerprint density at radius 3 is 2.68 bits per heavy atom. The third-order valence-electron chi connectivity index (χ3n) is 3.57. The van der Waals surface area contributed by atoms with Crippen molar-refractivity contribution in [2.45, 2.75) is 25.5 Å². The monoisotopic (exact) mass is 371 g/mol. The molecule has 0 amide bonds. The molecular formula is C19H18ClN3OS. The second kappa shape index (κ2) is 7.02. The fraction of sp³-hybridized carbons (Fsp3) is 0.211. The van der Waals surface area contributed by atoms with Gasteiger partial charge in [0.25, 0.3) is 0 Å². The second-order valence-electron chi connectivity index (χ2n) is 6.58. The highest BCUT2D eigenvalue weighted by Crippen LogP contribution is 2.28. The van der Waals surface area contributed by atoms with Crippen LogP contribution in [-0.2, 0) is 11.0 Å². The Morgan fingerprint density at radius 1 is 1.20 bits per heavy atom. The first-order valence-electron chi connectivity index (χ1n) is 7.82. The summed E-state index contributed by atoms with van der Waals surface area (Å²) in [4.78, 5) is 8.88. The maximum atomic E-state index is 12.3. The first-order valence-corrected chi connectivity index (χ1v) is 9.30. The molecule has 0 fully saturated rings. The number of para-hydroxylation sites is 1. The molecule has 6 heteroatoms. The van der Waals surface area contributed by atoms with E-state index in [4.69, 9.17) is 16.6 Å². The summed E-state index contributed by atoms with van der Waals surface area (Å²) in [7, 11) is -1.34. The Balaban J connectivity index is 2.19. The molecule has 2 heterocycles. The topological polar surface area (TPSA) is 55.2 Å². The fourth-order valence-electron chi connectivity index (χ4n) is 2.27. The number of rotatable bonds is 3. The normalized spacial score (nSPS) is 13.4. The van der Waals surface area contributed by atoms with Gasteiger partial charge in [-0.2, -0.15) is 4.40 Å². The SMILES string of the molecule is CC(C)(C)S(=O)N=Cc1cc2cccc(Cl)c2nc1-c1cccnc1. The van der Waals surface area contributed by atoms with Crippen LogP contribution in [0, 0.1) is 0 Å². The lowest BCUT2D eigenvalue weighted by Gasteiger charge is -2.13. The summed E-state index contributed by atoms with van der Waals surface area (Å²) >= 11 is 6.30. The van der Waals surface area contributed by atoms with Crippen molar-refractivity contribution in [3.05, 3.63) is 59.4 Å². The van der Waals surface area contributed by atoms with Gasteiger partial charge >= 0.3 is 0 Å². The summed E-state index contributed by atoms with van der Waals surface area (Å²) in [5.41, 5.74) is 3.06. The van der Waals surface area contributed by atoms with E-state index in [1.807, 2.05) is 57.2 Å². The molecule has 4 nitrogen and oxygen atoms in total. The van der Waals surface area contributed by atoms with Crippen molar-refractivity contribution in [1.82, 2.24) is 9.97 Å². The summed E-state index contributed by atoms with van der Waals surface area (Å²) in [5.74, 6) is 0. The molecule has 0 saturated heterocycles. The van der Waals surface area contributed by atoms with Crippen LogP contribution >= 0.6 is 11.6 Å². The lowest BCUT2D eigenvalue weighted by molar-refractivity contribution is 0.651. The van der Waals surface area contributed by atoms with E-state index < -0.39 is 15.7 Å². The summed E-state index contributed by atoms with van der Waals surface area (Å²) in [5, 5.41) is 1.49. The minimum atomic E-state index is -1.34. The summed E-state index contributed by atoms with van der Waals surface area (Å²) in [6.45, 7) is 5.67. The van der Waals surface area contributed by atoms with Gasteiger partial charge in [0.05, 0.1) is 21.0 Å². The van der Waals surface area contributed by atoms with Gasteiger partial charge in [-0.05, 0) is 45.0 Å². The van der Waals surface area contributed by atoms with Gasteiger partial charge in [0.2, 0.25) is 0 Å². The third-order valence-corrected chi connectivity index (χ3v) is 5.22. The smallest absolute Gasteiger partial charge is 0.144 e. The highest BCUT2D eigenvalue weighted by molar-refractivity contribution is 7.85. The summed E-state index contributed by atoms with van der Waals surface area (Å²) < 4.78 is 16.1. The van der Waals surface area contributed by atoms with Crippen molar-refractivity contribution in [2.75, 3.05) is 0 Å². The van der Waals surface area contributed by atoms with Crippen LogP contribution in [0.2, 0.25) is 5.02 Å². The Kier molecular flexibility index (Phi) is 4.97. The quantitative estimate of drug-likeness (QED) is 0.619. The van der Waals surface area contributed by atoms with E-state index in [0.717, 1.165) is 22.0 Å². The Bertz CT molecular complexity index is 966. The molecule has 3 rings (SSSR count). The number of fused-ring (bicyclic) bond motifs is 1. The van der Waals surface area contributed by atoms with Crippen LogP contribution in [0.15, 0.2) is 53.2 Å². The highest BCUT2D eigenvalue weighted by atomic mass is 35.5. The predicted molar refractivity (Wildman–Crippen MR) is 105 cm³/mol. The summed E-state index contributed by atoms with van der Waals surface area (Å²) in [6, 6.07) is 11.4.